The van der Waals surface area contributed by atoms with Crippen molar-refractivity contribution in [3.05, 3.63) is 58.9 Å². The number of hydrogen-bond donors (Lipinski definition) is 1. The Morgan fingerprint density at radius 1 is 1.25 bits per heavy atom. The maximum Gasteiger partial charge on any atom is 0.189 e. The van der Waals surface area contributed by atoms with Crippen LogP contribution in [-0.2, 0) is 6.42 Å². The van der Waals surface area contributed by atoms with E-state index in [9.17, 15) is 4.79 Å². The van der Waals surface area contributed by atoms with E-state index >= 15 is 0 Å². The first-order valence-electron chi connectivity index (χ1n) is 6.76. The highest BCUT2D eigenvalue weighted by Gasteiger charge is 2.24. The number of H-pyrrole nitrogens is 1. The highest BCUT2D eigenvalue weighted by Crippen LogP contribution is 2.32. The van der Waals surface area contributed by atoms with Crippen LogP contribution in [0.1, 0.15) is 35.0 Å². The summed E-state index contributed by atoms with van der Waals surface area (Å²) >= 11 is 0. The minimum Gasteiger partial charge on any atom is -0.497 e. The van der Waals surface area contributed by atoms with Gasteiger partial charge in [0.15, 0.2) is 5.78 Å². The van der Waals surface area contributed by atoms with Gasteiger partial charge in [-0.05, 0) is 55.2 Å². The van der Waals surface area contributed by atoms with Crippen molar-refractivity contribution in [1.29, 1.82) is 0 Å². The van der Waals surface area contributed by atoms with Crippen LogP contribution in [0, 0.1) is 0 Å². The topological polar surface area (TPSA) is 42.1 Å². The second kappa shape index (κ2) is 5.00. The third-order valence-electron chi connectivity index (χ3n) is 3.93. The number of nitrogens with one attached hydrogen (secondary N) is 1. The van der Waals surface area contributed by atoms with Crippen molar-refractivity contribution < 1.29 is 9.53 Å². The minimum absolute atomic E-state index is 0.122. The third kappa shape index (κ3) is 2.05. The molecular formula is C17H17NO2. The van der Waals surface area contributed by atoms with Crippen molar-refractivity contribution >= 4 is 11.4 Å². The molecule has 0 aliphatic heterocycles. The second-order valence-corrected chi connectivity index (χ2v) is 5.04. The van der Waals surface area contributed by atoms with Gasteiger partial charge in [0.2, 0.25) is 0 Å². The number of aromatic nitrogens is 1. The Labute approximate surface area is 118 Å². The van der Waals surface area contributed by atoms with E-state index in [4.69, 9.17) is 4.74 Å². The number of allylic oxidation sites excluding steroid dienone is 2. The molecule has 0 fully saturated rings. The predicted molar refractivity (Wildman–Crippen MR) is 79.0 cm³/mol. The average molecular weight is 267 g/mol. The molecule has 1 aromatic carbocycles. The SMILES string of the molecule is COc1ccc2c(c1)C(=O)C(=C(C)c1ccc[nH]1)CC2. The summed E-state index contributed by atoms with van der Waals surface area (Å²) in [6.45, 7) is 2.00. The van der Waals surface area contributed by atoms with E-state index in [0.717, 1.165) is 46.6 Å². The van der Waals surface area contributed by atoms with Crippen molar-refractivity contribution in [1.82, 2.24) is 4.98 Å². The number of ketones is 1. The molecule has 3 nitrogen and oxygen atoms in total. The highest BCUT2D eigenvalue weighted by molar-refractivity contribution is 6.14. The predicted octanol–water partition coefficient (Wildman–Crippen LogP) is 3.63. The van der Waals surface area contributed by atoms with Crippen LogP contribution in [0.15, 0.2) is 42.1 Å². The van der Waals surface area contributed by atoms with Crippen molar-refractivity contribution in [3.8, 4) is 5.75 Å². The van der Waals surface area contributed by atoms with Crippen LogP contribution in [0.25, 0.3) is 5.57 Å². The maximum atomic E-state index is 12.7. The molecule has 1 N–H and O–H groups in total. The number of aromatic amines is 1. The Morgan fingerprint density at radius 3 is 2.80 bits per heavy atom. The Bertz CT molecular complexity index is 681. The zero-order chi connectivity index (χ0) is 14.1. The average Bonchev–Trinajstić information content (AvgIpc) is 3.01. The van der Waals surface area contributed by atoms with Gasteiger partial charge in [-0.25, -0.2) is 0 Å². The first kappa shape index (κ1) is 12.7. The number of aryl methyl sites for hydroxylation is 1. The summed E-state index contributed by atoms with van der Waals surface area (Å²) in [5, 5.41) is 0. The molecule has 0 saturated carbocycles. The third-order valence-corrected chi connectivity index (χ3v) is 3.93. The number of carbonyl (C=O) groups is 1. The molecule has 1 heterocycles. The van der Waals surface area contributed by atoms with E-state index in [-0.39, 0.29) is 5.78 Å². The summed E-state index contributed by atoms with van der Waals surface area (Å²) < 4.78 is 5.22. The van der Waals surface area contributed by atoms with Gasteiger partial charge in [-0.15, -0.1) is 0 Å². The molecular weight excluding hydrogens is 250 g/mol. The first-order chi connectivity index (χ1) is 9.70. The second-order valence-electron chi connectivity index (χ2n) is 5.04. The van der Waals surface area contributed by atoms with Crippen LogP contribution in [0.3, 0.4) is 0 Å². The van der Waals surface area contributed by atoms with Gasteiger partial charge in [0.25, 0.3) is 0 Å². The summed E-state index contributed by atoms with van der Waals surface area (Å²) in [6.07, 6.45) is 3.57. The first-order valence-corrected chi connectivity index (χ1v) is 6.76. The molecule has 102 valence electrons. The molecule has 3 heteroatoms. The number of methoxy groups -OCH3 is 1. The number of fused-ring (bicyclic) bond motifs is 1. The minimum atomic E-state index is 0.122. The zero-order valence-electron chi connectivity index (χ0n) is 11.7. The standard InChI is InChI=1S/C17H17NO2/c1-11(16-4-3-9-18-16)14-8-6-12-5-7-13(20-2)10-15(12)17(14)19/h3-5,7,9-10,18H,6,8H2,1-2H3. The molecule has 0 unspecified atom stereocenters. The van der Waals surface area contributed by atoms with Gasteiger partial charge in [0.1, 0.15) is 5.75 Å². The van der Waals surface area contributed by atoms with Crippen molar-refractivity contribution in [2.75, 3.05) is 7.11 Å². The molecule has 20 heavy (non-hydrogen) atoms. The summed E-state index contributed by atoms with van der Waals surface area (Å²) in [5.74, 6) is 0.855. The van der Waals surface area contributed by atoms with Crippen molar-refractivity contribution in [2.24, 2.45) is 0 Å². The fourth-order valence-corrected chi connectivity index (χ4v) is 2.73. The normalized spacial score (nSPS) is 16.8. The van der Waals surface area contributed by atoms with E-state index < -0.39 is 0 Å². The number of carbonyl (C=O) groups excluding carboxylic acids is 1. The van der Waals surface area contributed by atoms with Gasteiger partial charge >= 0.3 is 0 Å². The molecule has 0 amide bonds. The molecule has 3 rings (SSSR count). The van der Waals surface area contributed by atoms with Crippen LogP contribution < -0.4 is 4.74 Å². The quantitative estimate of drug-likeness (QED) is 0.844. The lowest BCUT2D eigenvalue weighted by Crippen LogP contribution is -2.15. The number of Topliss-reactive ketones (excluding diaryl/α,β-unsaturated/α-hetero) is 1. The van der Waals surface area contributed by atoms with Gasteiger partial charge in [-0.3, -0.25) is 4.79 Å². The van der Waals surface area contributed by atoms with Crippen LogP contribution in [0.4, 0.5) is 0 Å². The summed E-state index contributed by atoms with van der Waals surface area (Å²) in [6, 6.07) is 9.70. The molecule has 0 saturated heterocycles. The van der Waals surface area contributed by atoms with Gasteiger partial charge in [-0.1, -0.05) is 6.07 Å². The molecule has 2 aromatic rings. The van der Waals surface area contributed by atoms with Gasteiger partial charge in [-0.2, -0.15) is 0 Å². The lowest BCUT2D eigenvalue weighted by molar-refractivity contribution is 0.102. The summed E-state index contributed by atoms with van der Waals surface area (Å²) in [4.78, 5) is 15.9. The fourth-order valence-electron chi connectivity index (χ4n) is 2.73. The van der Waals surface area contributed by atoms with Gasteiger partial charge < -0.3 is 9.72 Å². The maximum absolute atomic E-state index is 12.7. The number of benzene rings is 1. The number of rotatable bonds is 2. The molecule has 1 aromatic heterocycles. The smallest absolute Gasteiger partial charge is 0.189 e. The molecule has 1 aliphatic carbocycles. The lowest BCUT2D eigenvalue weighted by Gasteiger charge is -2.20. The molecule has 0 bridgehead atoms. The van der Waals surface area contributed by atoms with Crippen LogP contribution >= 0.6 is 0 Å². The lowest BCUT2D eigenvalue weighted by atomic mass is 9.84. The summed E-state index contributed by atoms with van der Waals surface area (Å²) in [5.41, 5.74) is 4.83. The van der Waals surface area contributed by atoms with Crippen LogP contribution in [0.2, 0.25) is 0 Å². The zero-order valence-corrected chi connectivity index (χ0v) is 11.7. The Balaban J connectivity index is 2.06. The fraction of sp³-hybridized carbons (Fsp3) is 0.235. The van der Waals surface area contributed by atoms with E-state index in [1.807, 2.05) is 43.5 Å². The van der Waals surface area contributed by atoms with E-state index in [1.54, 1.807) is 7.11 Å². The Kier molecular flexibility index (Phi) is 3.18. The molecule has 0 radical (unpaired) electrons. The Morgan fingerprint density at radius 2 is 2.10 bits per heavy atom. The van der Waals surface area contributed by atoms with Crippen molar-refractivity contribution in [2.45, 2.75) is 19.8 Å². The van der Waals surface area contributed by atoms with Crippen molar-refractivity contribution in [3.63, 3.8) is 0 Å². The van der Waals surface area contributed by atoms with Gasteiger partial charge in [0.05, 0.1) is 7.11 Å². The molecule has 1 aliphatic rings. The highest BCUT2D eigenvalue weighted by atomic mass is 16.5. The molecule has 0 spiro atoms. The number of ether oxygens (including phenoxy) is 1. The van der Waals surface area contributed by atoms with E-state index in [0.29, 0.717) is 0 Å². The monoisotopic (exact) mass is 267 g/mol. The van der Waals surface area contributed by atoms with Crippen LogP contribution in [-0.4, -0.2) is 17.9 Å². The molecule has 0 atom stereocenters. The Hall–Kier alpha value is -2.29. The van der Waals surface area contributed by atoms with Gasteiger partial charge in [0, 0.05) is 23.0 Å². The largest absolute Gasteiger partial charge is 0.497 e. The van der Waals surface area contributed by atoms with Crippen LogP contribution in [0.5, 0.6) is 5.75 Å². The van der Waals surface area contributed by atoms with E-state index in [1.165, 1.54) is 0 Å². The number of hydrogen-bond acceptors (Lipinski definition) is 2. The summed E-state index contributed by atoms with van der Waals surface area (Å²) in [7, 11) is 1.62. The van der Waals surface area contributed by atoms with E-state index in [2.05, 4.69) is 4.98 Å².